The van der Waals surface area contributed by atoms with Crippen molar-refractivity contribution in [3.05, 3.63) is 59.7 Å². The molecule has 2 aromatic rings. The molecule has 1 amide bonds. The highest BCUT2D eigenvalue weighted by Crippen LogP contribution is 2.58. The average molecular weight is 325 g/mol. The van der Waals surface area contributed by atoms with Crippen molar-refractivity contribution in [3.8, 4) is 0 Å². The lowest BCUT2D eigenvalue weighted by Crippen LogP contribution is -2.50. The van der Waals surface area contributed by atoms with Crippen LogP contribution in [0.15, 0.2) is 53.4 Å². The van der Waals surface area contributed by atoms with E-state index in [2.05, 4.69) is 12.2 Å². The third-order valence-corrected chi connectivity index (χ3v) is 6.49. The lowest BCUT2D eigenvalue weighted by Gasteiger charge is -2.43. The summed E-state index contributed by atoms with van der Waals surface area (Å²) in [7, 11) is 0. The van der Waals surface area contributed by atoms with Gasteiger partial charge in [-0.1, -0.05) is 49.7 Å². The zero-order valence-electron chi connectivity index (χ0n) is 13.0. The molecule has 2 aliphatic heterocycles. The highest BCUT2D eigenvalue weighted by atomic mass is 32.2. The molecule has 1 spiro atoms. The maximum Gasteiger partial charge on any atom is 0.239 e. The molecule has 2 aromatic carbocycles. The van der Waals surface area contributed by atoms with Crippen molar-refractivity contribution in [2.45, 2.75) is 41.4 Å². The summed E-state index contributed by atoms with van der Waals surface area (Å²) >= 11 is 1.73. The normalized spacial score (nSPS) is 28.3. The van der Waals surface area contributed by atoms with Crippen LogP contribution in [0.5, 0.6) is 0 Å². The third-order valence-electron chi connectivity index (χ3n) is 4.97. The summed E-state index contributed by atoms with van der Waals surface area (Å²) in [5.41, 5.74) is 1.72. The van der Waals surface area contributed by atoms with Gasteiger partial charge < -0.3 is 10.4 Å². The third kappa shape index (κ3) is 1.91. The molecule has 2 N–H and O–H groups in total. The van der Waals surface area contributed by atoms with E-state index in [0.29, 0.717) is 0 Å². The van der Waals surface area contributed by atoms with E-state index in [0.717, 1.165) is 34.6 Å². The fourth-order valence-corrected chi connectivity index (χ4v) is 5.60. The minimum Gasteiger partial charge on any atom is -0.387 e. The molecule has 2 heterocycles. The Morgan fingerprint density at radius 3 is 2.74 bits per heavy atom. The van der Waals surface area contributed by atoms with E-state index in [-0.39, 0.29) is 11.2 Å². The molecule has 3 nitrogen and oxygen atoms in total. The molecule has 0 saturated carbocycles. The fraction of sp³-hybridized carbons (Fsp3) is 0.316. The van der Waals surface area contributed by atoms with Gasteiger partial charge in [-0.25, -0.2) is 0 Å². The smallest absolute Gasteiger partial charge is 0.239 e. The van der Waals surface area contributed by atoms with Gasteiger partial charge in [0.25, 0.3) is 0 Å². The number of thioether (sulfide) groups is 1. The number of benzene rings is 2. The predicted octanol–water partition coefficient (Wildman–Crippen LogP) is 3.88. The predicted molar refractivity (Wildman–Crippen MR) is 92.7 cm³/mol. The summed E-state index contributed by atoms with van der Waals surface area (Å²) in [5.74, 6) is -0.0772. The number of carbonyl (C=O) groups excluding carboxylic acids is 1. The second kappa shape index (κ2) is 5.39. The summed E-state index contributed by atoms with van der Waals surface area (Å²) in [4.78, 5) is 14.1. The standard InChI is InChI=1S/C19H19NO2S/c1-2-7-16-19(13-9-4-5-10-14(13)20-18(19)22)17(21)12-8-3-6-11-15(12)23-16/h3-6,8-11,16-17,21H,2,7H2,1H3,(H,20,22)/t16-,17-,19-/m0/s1. The second-order valence-electron chi connectivity index (χ2n) is 6.20. The number of nitrogens with one attached hydrogen (secondary N) is 1. The number of anilines is 1. The van der Waals surface area contributed by atoms with Gasteiger partial charge in [0.2, 0.25) is 5.91 Å². The van der Waals surface area contributed by atoms with Crippen molar-refractivity contribution in [1.29, 1.82) is 0 Å². The van der Waals surface area contributed by atoms with Crippen LogP contribution in [-0.2, 0) is 10.2 Å². The molecular weight excluding hydrogens is 306 g/mol. The van der Waals surface area contributed by atoms with Crippen molar-refractivity contribution in [1.82, 2.24) is 0 Å². The number of hydrogen-bond donors (Lipinski definition) is 2. The van der Waals surface area contributed by atoms with Crippen molar-refractivity contribution >= 4 is 23.4 Å². The molecule has 2 aliphatic rings. The summed E-state index contributed by atoms with van der Waals surface area (Å²) in [6.45, 7) is 2.12. The van der Waals surface area contributed by atoms with E-state index in [4.69, 9.17) is 0 Å². The molecule has 0 aliphatic carbocycles. The number of aliphatic hydroxyl groups is 1. The Balaban J connectivity index is 1.96. The summed E-state index contributed by atoms with van der Waals surface area (Å²) in [5, 5.41) is 14.3. The van der Waals surface area contributed by atoms with Crippen LogP contribution in [0.1, 0.15) is 37.0 Å². The Labute approximate surface area is 140 Å². The Morgan fingerprint density at radius 2 is 1.91 bits per heavy atom. The second-order valence-corrected chi connectivity index (χ2v) is 7.45. The number of carbonyl (C=O) groups is 1. The van der Waals surface area contributed by atoms with Gasteiger partial charge in [-0.2, -0.15) is 0 Å². The molecule has 0 radical (unpaired) electrons. The van der Waals surface area contributed by atoms with Crippen LogP contribution < -0.4 is 5.32 Å². The first-order chi connectivity index (χ1) is 11.2. The van der Waals surface area contributed by atoms with Crippen LogP contribution in [0.2, 0.25) is 0 Å². The molecular formula is C19H19NO2S. The highest BCUT2D eigenvalue weighted by Gasteiger charge is 2.59. The minimum absolute atomic E-state index is 0.0287. The van der Waals surface area contributed by atoms with Crippen molar-refractivity contribution < 1.29 is 9.90 Å². The Bertz CT molecular complexity index is 775. The van der Waals surface area contributed by atoms with Gasteiger partial charge >= 0.3 is 0 Å². The average Bonchev–Trinajstić information content (AvgIpc) is 2.86. The topological polar surface area (TPSA) is 49.3 Å². The van der Waals surface area contributed by atoms with Crippen LogP contribution >= 0.6 is 11.8 Å². The highest BCUT2D eigenvalue weighted by molar-refractivity contribution is 8.00. The quantitative estimate of drug-likeness (QED) is 0.881. The first-order valence-electron chi connectivity index (χ1n) is 8.04. The van der Waals surface area contributed by atoms with Crippen LogP contribution in [0, 0.1) is 0 Å². The van der Waals surface area contributed by atoms with Gasteiger partial charge in [0.1, 0.15) is 5.41 Å². The SMILES string of the molecule is CCC[C@@H]1Sc2ccccc2[C@H](O)[C@@]12C(=O)Nc1ccccc12. The van der Waals surface area contributed by atoms with Gasteiger partial charge in [-0.05, 0) is 29.7 Å². The number of fused-ring (bicyclic) bond motifs is 3. The van der Waals surface area contributed by atoms with E-state index in [1.807, 2.05) is 48.5 Å². The molecule has 4 rings (SSSR count). The van der Waals surface area contributed by atoms with Crippen LogP contribution in [0.3, 0.4) is 0 Å². The maximum atomic E-state index is 13.0. The molecule has 0 saturated heterocycles. The largest absolute Gasteiger partial charge is 0.387 e. The van der Waals surface area contributed by atoms with Crippen LogP contribution in [0.25, 0.3) is 0 Å². The van der Waals surface area contributed by atoms with Gasteiger partial charge in [-0.3, -0.25) is 4.79 Å². The molecule has 0 fully saturated rings. The summed E-state index contributed by atoms with van der Waals surface area (Å²) in [6, 6.07) is 15.7. The minimum atomic E-state index is -0.897. The molecule has 0 unspecified atom stereocenters. The lowest BCUT2D eigenvalue weighted by atomic mass is 9.70. The van der Waals surface area contributed by atoms with Gasteiger partial charge in [0.05, 0.1) is 6.10 Å². The maximum absolute atomic E-state index is 13.0. The zero-order valence-corrected chi connectivity index (χ0v) is 13.8. The fourth-order valence-electron chi connectivity index (χ4n) is 3.92. The van der Waals surface area contributed by atoms with E-state index >= 15 is 0 Å². The number of aliphatic hydroxyl groups excluding tert-OH is 1. The van der Waals surface area contributed by atoms with E-state index in [1.165, 1.54) is 0 Å². The molecule has 0 bridgehead atoms. The van der Waals surface area contributed by atoms with E-state index in [1.54, 1.807) is 11.8 Å². The lowest BCUT2D eigenvalue weighted by molar-refractivity contribution is -0.125. The first-order valence-corrected chi connectivity index (χ1v) is 8.92. The zero-order chi connectivity index (χ0) is 16.0. The summed E-state index contributed by atoms with van der Waals surface area (Å²) < 4.78 is 0. The van der Waals surface area contributed by atoms with Crippen LogP contribution in [-0.4, -0.2) is 16.3 Å². The van der Waals surface area contributed by atoms with E-state index in [9.17, 15) is 9.90 Å². The summed E-state index contributed by atoms with van der Waals surface area (Å²) in [6.07, 6.45) is 1.04. The Kier molecular flexibility index (Phi) is 3.47. The van der Waals surface area contributed by atoms with Crippen molar-refractivity contribution in [2.24, 2.45) is 0 Å². The Hall–Kier alpha value is -1.78. The first kappa shape index (κ1) is 14.8. The molecule has 3 atom stereocenters. The van der Waals surface area contributed by atoms with E-state index < -0.39 is 11.5 Å². The van der Waals surface area contributed by atoms with Crippen LogP contribution in [0.4, 0.5) is 5.69 Å². The number of para-hydroxylation sites is 1. The molecule has 4 heteroatoms. The monoisotopic (exact) mass is 325 g/mol. The number of rotatable bonds is 2. The molecule has 0 aromatic heterocycles. The Morgan fingerprint density at radius 1 is 1.17 bits per heavy atom. The van der Waals surface area contributed by atoms with Gasteiger partial charge in [0, 0.05) is 15.8 Å². The molecule has 118 valence electrons. The van der Waals surface area contributed by atoms with Crippen molar-refractivity contribution in [3.63, 3.8) is 0 Å². The molecule has 23 heavy (non-hydrogen) atoms. The van der Waals surface area contributed by atoms with Gasteiger partial charge in [-0.15, -0.1) is 11.8 Å². The van der Waals surface area contributed by atoms with Gasteiger partial charge in [0.15, 0.2) is 0 Å². The number of hydrogen-bond acceptors (Lipinski definition) is 3. The number of amides is 1. The van der Waals surface area contributed by atoms with Crippen molar-refractivity contribution in [2.75, 3.05) is 5.32 Å².